The first-order valence-corrected chi connectivity index (χ1v) is 6.22. The second-order valence-corrected chi connectivity index (χ2v) is 4.74. The van der Waals surface area contributed by atoms with Crippen LogP contribution in [-0.4, -0.2) is 6.03 Å². The first-order valence-electron chi connectivity index (χ1n) is 5.43. The van der Waals surface area contributed by atoms with E-state index in [-0.39, 0.29) is 5.69 Å². The van der Waals surface area contributed by atoms with Gasteiger partial charge in [0, 0.05) is 15.8 Å². The second kappa shape index (κ2) is 5.71. The highest BCUT2D eigenvalue weighted by Gasteiger charge is 2.07. The average molecular weight is 324 g/mol. The Bertz CT molecular complexity index is 601. The Morgan fingerprint density at radius 3 is 2.47 bits per heavy atom. The molecule has 0 aliphatic heterocycles. The lowest BCUT2D eigenvalue weighted by molar-refractivity contribution is 0.262. The molecule has 4 nitrogen and oxygen atoms in total. The predicted octanol–water partition coefficient (Wildman–Crippen LogP) is 3.81. The van der Waals surface area contributed by atoms with Gasteiger partial charge in [-0.25, -0.2) is 9.18 Å². The van der Waals surface area contributed by atoms with Crippen LogP contribution in [0.1, 0.15) is 0 Å². The van der Waals surface area contributed by atoms with Crippen molar-refractivity contribution in [3.8, 4) is 0 Å². The van der Waals surface area contributed by atoms with E-state index in [0.29, 0.717) is 15.8 Å². The molecule has 98 valence electrons. The summed E-state index contributed by atoms with van der Waals surface area (Å²) in [6.45, 7) is 0. The maximum absolute atomic E-state index is 13.4. The Morgan fingerprint density at radius 1 is 1.11 bits per heavy atom. The molecule has 6 heteroatoms. The molecule has 2 aromatic rings. The first kappa shape index (κ1) is 13.4. The molecule has 0 unspecified atom stereocenters. The number of nitrogen functional groups attached to an aromatic ring is 1. The van der Waals surface area contributed by atoms with Crippen molar-refractivity contribution in [3.05, 3.63) is 52.8 Å². The molecule has 0 aromatic heterocycles. The van der Waals surface area contributed by atoms with Gasteiger partial charge in [0.1, 0.15) is 5.82 Å². The third kappa shape index (κ3) is 3.69. The molecule has 0 heterocycles. The minimum Gasteiger partial charge on any atom is -0.399 e. The van der Waals surface area contributed by atoms with Crippen molar-refractivity contribution >= 4 is 39.0 Å². The fourth-order valence-electron chi connectivity index (χ4n) is 1.44. The quantitative estimate of drug-likeness (QED) is 0.735. The lowest BCUT2D eigenvalue weighted by Crippen LogP contribution is -2.20. The summed E-state index contributed by atoms with van der Waals surface area (Å²) in [7, 11) is 0. The molecule has 0 bridgehead atoms. The van der Waals surface area contributed by atoms with Crippen molar-refractivity contribution in [3.63, 3.8) is 0 Å². The van der Waals surface area contributed by atoms with E-state index in [0.717, 1.165) is 0 Å². The van der Waals surface area contributed by atoms with Gasteiger partial charge in [0.15, 0.2) is 0 Å². The minimum atomic E-state index is -0.526. The van der Waals surface area contributed by atoms with Crippen molar-refractivity contribution in [1.29, 1.82) is 0 Å². The zero-order valence-electron chi connectivity index (χ0n) is 9.78. The van der Waals surface area contributed by atoms with E-state index in [9.17, 15) is 9.18 Å². The zero-order valence-corrected chi connectivity index (χ0v) is 11.4. The minimum absolute atomic E-state index is 0.0994. The number of carbonyl (C=O) groups excluding carboxylic acids is 1. The summed E-state index contributed by atoms with van der Waals surface area (Å²) < 4.78 is 14.1. The summed E-state index contributed by atoms with van der Waals surface area (Å²) in [5, 5.41) is 5.00. The van der Waals surface area contributed by atoms with Gasteiger partial charge in [-0.3, -0.25) is 0 Å². The summed E-state index contributed by atoms with van der Waals surface area (Å²) in [6.07, 6.45) is 0. The van der Waals surface area contributed by atoms with Crippen LogP contribution in [0.2, 0.25) is 0 Å². The number of nitrogens with two attached hydrogens (primary N) is 1. The van der Waals surface area contributed by atoms with Crippen molar-refractivity contribution in [1.82, 2.24) is 0 Å². The van der Waals surface area contributed by atoms with Gasteiger partial charge in [-0.2, -0.15) is 0 Å². The van der Waals surface area contributed by atoms with Gasteiger partial charge in [0.05, 0.1) is 5.69 Å². The van der Waals surface area contributed by atoms with Crippen LogP contribution in [0.4, 0.5) is 26.2 Å². The van der Waals surface area contributed by atoms with Crippen LogP contribution in [0.3, 0.4) is 0 Å². The van der Waals surface area contributed by atoms with Crippen molar-refractivity contribution in [2.24, 2.45) is 0 Å². The monoisotopic (exact) mass is 323 g/mol. The van der Waals surface area contributed by atoms with Crippen molar-refractivity contribution in [2.45, 2.75) is 0 Å². The molecule has 4 N–H and O–H groups in total. The van der Waals surface area contributed by atoms with Crippen LogP contribution in [0.25, 0.3) is 0 Å². The van der Waals surface area contributed by atoms with Crippen LogP contribution in [0, 0.1) is 5.82 Å². The Labute approximate surface area is 117 Å². The molecule has 0 atom stereocenters. The molecule has 0 aliphatic carbocycles. The molecule has 0 saturated carbocycles. The molecular weight excluding hydrogens is 313 g/mol. The molecule has 0 spiro atoms. The molecule has 0 saturated heterocycles. The molecule has 2 aromatic carbocycles. The third-order valence-corrected chi connectivity index (χ3v) is 2.84. The third-order valence-electron chi connectivity index (χ3n) is 2.35. The van der Waals surface area contributed by atoms with E-state index in [1.807, 2.05) is 0 Å². The lowest BCUT2D eigenvalue weighted by Gasteiger charge is -2.09. The topological polar surface area (TPSA) is 67.1 Å². The van der Waals surface area contributed by atoms with E-state index in [1.165, 1.54) is 12.1 Å². The Hall–Kier alpha value is -2.08. The maximum Gasteiger partial charge on any atom is 0.323 e. The number of carbonyl (C=O) groups is 1. The zero-order chi connectivity index (χ0) is 13.8. The number of urea groups is 1. The van der Waals surface area contributed by atoms with E-state index < -0.39 is 11.8 Å². The van der Waals surface area contributed by atoms with Gasteiger partial charge in [-0.05, 0) is 42.5 Å². The number of amides is 2. The van der Waals surface area contributed by atoms with E-state index in [1.54, 1.807) is 30.3 Å². The Balaban J connectivity index is 2.05. The molecule has 0 radical (unpaired) electrons. The highest BCUT2D eigenvalue weighted by Crippen LogP contribution is 2.20. The fraction of sp³-hybridized carbons (Fsp3) is 0. The molecule has 0 fully saturated rings. The predicted molar refractivity (Wildman–Crippen MR) is 77.6 cm³/mol. The van der Waals surface area contributed by atoms with E-state index in [4.69, 9.17) is 5.73 Å². The van der Waals surface area contributed by atoms with Crippen molar-refractivity contribution in [2.75, 3.05) is 16.4 Å². The number of halogens is 2. The summed E-state index contributed by atoms with van der Waals surface area (Å²) >= 11 is 3.21. The summed E-state index contributed by atoms with van der Waals surface area (Å²) in [5.74, 6) is -0.504. The standard InChI is InChI=1S/C13H11BrFN3O/c14-8-1-6-11(15)12(7-8)18-13(19)17-10-4-2-9(16)3-5-10/h1-7H,16H2,(H2,17,18,19). The number of rotatable bonds is 2. The molecule has 2 amide bonds. The largest absolute Gasteiger partial charge is 0.399 e. The van der Waals surface area contributed by atoms with Gasteiger partial charge in [-0.15, -0.1) is 0 Å². The van der Waals surface area contributed by atoms with Gasteiger partial charge in [0.25, 0.3) is 0 Å². The smallest absolute Gasteiger partial charge is 0.323 e. The highest BCUT2D eigenvalue weighted by molar-refractivity contribution is 9.10. The van der Waals surface area contributed by atoms with Crippen LogP contribution in [0.5, 0.6) is 0 Å². The Kier molecular flexibility index (Phi) is 4.01. The highest BCUT2D eigenvalue weighted by atomic mass is 79.9. The van der Waals surface area contributed by atoms with Crippen molar-refractivity contribution < 1.29 is 9.18 Å². The molecule has 2 rings (SSSR count). The molecule has 19 heavy (non-hydrogen) atoms. The van der Waals surface area contributed by atoms with Crippen LogP contribution < -0.4 is 16.4 Å². The molecule has 0 aliphatic rings. The number of anilines is 3. The SMILES string of the molecule is Nc1ccc(NC(=O)Nc2cc(Br)ccc2F)cc1. The van der Waals surface area contributed by atoms with Gasteiger partial charge >= 0.3 is 6.03 Å². The number of nitrogens with one attached hydrogen (secondary N) is 2. The number of benzene rings is 2. The van der Waals surface area contributed by atoms with Gasteiger partial charge in [0.2, 0.25) is 0 Å². The normalized spacial score (nSPS) is 10.0. The van der Waals surface area contributed by atoms with Crippen LogP contribution >= 0.6 is 15.9 Å². The lowest BCUT2D eigenvalue weighted by atomic mass is 10.3. The second-order valence-electron chi connectivity index (χ2n) is 3.83. The van der Waals surface area contributed by atoms with E-state index in [2.05, 4.69) is 26.6 Å². The number of hydrogen-bond donors (Lipinski definition) is 3. The number of hydrogen-bond acceptors (Lipinski definition) is 2. The average Bonchev–Trinajstić information content (AvgIpc) is 2.37. The maximum atomic E-state index is 13.4. The Morgan fingerprint density at radius 2 is 1.79 bits per heavy atom. The summed E-state index contributed by atoms with van der Waals surface area (Å²) in [4.78, 5) is 11.7. The van der Waals surface area contributed by atoms with E-state index >= 15 is 0 Å². The summed E-state index contributed by atoms with van der Waals surface area (Å²) in [5.41, 5.74) is 6.81. The summed E-state index contributed by atoms with van der Waals surface area (Å²) in [6, 6.07) is 10.4. The fourth-order valence-corrected chi connectivity index (χ4v) is 1.81. The van der Waals surface area contributed by atoms with Gasteiger partial charge < -0.3 is 16.4 Å². The van der Waals surface area contributed by atoms with Crippen LogP contribution in [-0.2, 0) is 0 Å². The first-order chi connectivity index (χ1) is 9.04. The van der Waals surface area contributed by atoms with Crippen LogP contribution in [0.15, 0.2) is 46.9 Å². The van der Waals surface area contributed by atoms with Gasteiger partial charge in [-0.1, -0.05) is 15.9 Å². The molecular formula is C13H11BrFN3O.